The normalized spacial score (nSPS) is 18.9. The average Bonchev–Trinajstić information content (AvgIpc) is 2.55. The molecule has 1 aliphatic heterocycles. The Balaban J connectivity index is 1.95. The molecule has 0 aromatic heterocycles. The van der Waals surface area contributed by atoms with Crippen LogP contribution in [0.5, 0.6) is 0 Å². The Morgan fingerprint density at radius 1 is 1.28 bits per heavy atom. The Kier molecular flexibility index (Phi) is 7.00. The molecular weight excluding hydrogens is 314 g/mol. The highest BCUT2D eigenvalue weighted by molar-refractivity contribution is 5.78. The lowest BCUT2D eigenvalue weighted by atomic mass is 9.92. The standard InChI is InChI=1S/C20H31N3O2/c1-14(2)20(18-10-6-5-8-15(18)3)21-12-19(25)23-11-7-9-17(13-23)22-16(4)24/h5-6,8,10,14,17,20-21H,7,9,11-13H2,1-4H3,(H,22,24)/t17-,20+/m1/s1. The minimum atomic E-state index is -0.0307. The van der Waals surface area contributed by atoms with Gasteiger partial charge in [0, 0.05) is 32.1 Å². The van der Waals surface area contributed by atoms with E-state index in [-0.39, 0.29) is 23.9 Å². The smallest absolute Gasteiger partial charge is 0.236 e. The van der Waals surface area contributed by atoms with Gasteiger partial charge in [-0.05, 0) is 36.8 Å². The molecule has 2 amide bonds. The summed E-state index contributed by atoms with van der Waals surface area (Å²) in [5, 5.41) is 6.38. The Hall–Kier alpha value is -1.88. The van der Waals surface area contributed by atoms with Gasteiger partial charge in [0.25, 0.3) is 0 Å². The molecule has 0 bridgehead atoms. The van der Waals surface area contributed by atoms with E-state index in [1.807, 2.05) is 17.0 Å². The largest absolute Gasteiger partial charge is 0.352 e. The van der Waals surface area contributed by atoms with Gasteiger partial charge in [-0.3, -0.25) is 9.59 Å². The third kappa shape index (κ3) is 5.56. The molecule has 1 aromatic carbocycles. The highest BCUT2D eigenvalue weighted by atomic mass is 16.2. The summed E-state index contributed by atoms with van der Waals surface area (Å²) in [7, 11) is 0. The van der Waals surface area contributed by atoms with Crippen molar-refractivity contribution in [3.8, 4) is 0 Å². The summed E-state index contributed by atoms with van der Waals surface area (Å²) >= 11 is 0. The molecule has 0 radical (unpaired) electrons. The summed E-state index contributed by atoms with van der Waals surface area (Å²) < 4.78 is 0. The van der Waals surface area contributed by atoms with E-state index in [1.54, 1.807) is 0 Å². The van der Waals surface area contributed by atoms with Crippen molar-refractivity contribution in [3.05, 3.63) is 35.4 Å². The first-order valence-electron chi connectivity index (χ1n) is 9.22. The molecular formula is C20H31N3O2. The van der Waals surface area contributed by atoms with Crippen molar-refractivity contribution < 1.29 is 9.59 Å². The van der Waals surface area contributed by atoms with Crippen molar-refractivity contribution in [1.29, 1.82) is 0 Å². The molecule has 1 fully saturated rings. The fourth-order valence-corrected chi connectivity index (χ4v) is 3.56. The molecule has 1 saturated heterocycles. The van der Waals surface area contributed by atoms with E-state index >= 15 is 0 Å². The zero-order valence-corrected chi connectivity index (χ0v) is 15.8. The number of carbonyl (C=O) groups is 2. The van der Waals surface area contributed by atoms with E-state index in [1.165, 1.54) is 18.1 Å². The van der Waals surface area contributed by atoms with Crippen LogP contribution in [0.2, 0.25) is 0 Å². The van der Waals surface area contributed by atoms with E-state index in [9.17, 15) is 9.59 Å². The fourth-order valence-electron chi connectivity index (χ4n) is 3.56. The van der Waals surface area contributed by atoms with Crippen LogP contribution in [0.4, 0.5) is 0 Å². The van der Waals surface area contributed by atoms with Gasteiger partial charge < -0.3 is 15.5 Å². The molecule has 0 saturated carbocycles. The molecule has 0 aliphatic carbocycles. The number of likely N-dealkylation sites (tertiary alicyclic amines) is 1. The SMILES string of the molecule is CC(=O)N[C@@H]1CCCN(C(=O)CN[C@H](c2ccccc2C)C(C)C)C1. The number of hydrogen-bond acceptors (Lipinski definition) is 3. The van der Waals surface area contributed by atoms with Gasteiger partial charge in [-0.15, -0.1) is 0 Å². The van der Waals surface area contributed by atoms with Gasteiger partial charge in [0.2, 0.25) is 11.8 Å². The molecule has 0 unspecified atom stereocenters. The summed E-state index contributed by atoms with van der Waals surface area (Å²) in [6.45, 7) is 9.67. The molecule has 1 aliphatic rings. The zero-order chi connectivity index (χ0) is 18.4. The van der Waals surface area contributed by atoms with Gasteiger partial charge in [-0.2, -0.15) is 0 Å². The number of nitrogens with zero attached hydrogens (tertiary/aromatic N) is 1. The second-order valence-electron chi connectivity index (χ2n) is 7.34. The lowest BCUT2D eigenvalue weighted by molar-refractivity contribution is -0.132. The maximum absolute atomic E-state index is 12.6. The van der Waals surface area contributed by atoms with E-state index in [4.69, 9.17) is 0 Å². The van der Waals surface area contributed by atoms with Crippen molar-refractivity contribution in [2.75, 3.05) is 19.6 Å². The monoisotopic (exact) mass is 345 g/mol. The third-order valence-corrected chi connectivity index (χ3v) is 4.84. The predicted octanol–water partition coefficient (Wildman–Crippen LogP) is 2.41. The van der Waals surface area contributed by atoms with E-state index < -0.39 is 0 Å². The van der Waals surface area contributed by atoms with Gasteiger partial charge in [0.05, 0.1) is 6.54 Å². The van der Waals surface area contributed by atoms with E-state index in [0.717, 1.165) is 19.4 Å². The first-order valence-corrected chi connectivity index (χ1v) is 9.22. The van der Waals surface area contributed by atoms with E-state index in [2.05, 4.69) is 43.5 Å². The zero-order valence-electron chi connectivity index (χ0n) is 15.8. The lowest BCUT2D eigenvalue weighted by Gasteiger charge is -2.34. The first-order chi connectivity index (χ1) is 11.9. The molecule has 25 heavy (non-hydrogen) atoms. The molecule has 2 N–H and O–H groups in total. The Morgan fingerprint density at radius 2 is 2.00 bits per heavy atom. The van der Waals surface area contributed by atoms with Crippen LogP contribution >= 0.6 is 0 Å². The average molecular weight is 345 g/mol. The summed E-state index contributed by atoms with van der Waals surface area (Å²) in [5.41, 5.74) is 2.49. The van der Waals surface area contributed by atoms with Gasteiger partial charge in [-0.25, -0.2) is 0 Å². The maximum atomic E-state index is 12.6. The number of hydrogen-bond donors (Lipinski definition) is 2. The number of amides is 2. The second kappa shape index (κ2) is 8.99. The number of piperidine rings is 1. The molecule has 5 nitrogen and oxygen atoms in total. The van der Waals surface area contributed by atoms with Crippen LogP contribution in [0.15, 0.2) is 24.3 Å². The van der Waals surface area contributed by atoms with Crippen LogP contribution < -0.4 is 10.6 Å². The van der Waals surface area contributed by atoms with Crippen LogP contribution in [0.3, 0.4) is 0 Å². The molecule has 5 heteroatoms. The number of carbonyl (C=O) groups excluding carboxylic acids is 2. The van der Waals surface area contributed by atoms with Crippen LogP contribution in [0.1, 0.15) is 50.8 Å². The minimum absolute atomic E-state index is 0.0307. The van der Waals surface area contributed by atoms with Gasteiger partial charge in [-0.1, -0.05) is 38.1 Å². The molecule has 138 valence electrons. The number of nitrogens with one attached hydrogen (secondary N) is 2. The Bertz CT molecular complexity index is 600. The third-order valence-electron chi connectivity index (χ3n) is 4.84. The van der Waals surface area contributed by atoms with Crippen molar-refractivity contribution in [2.24, 2.45) is 5.92 Å². The summed E-state index contributed by atoms with van der Waals surface area (Å²) in [6, 6.07) is 8.55. The van der Waals surface area contributed by atoms with Crippen LogP contribution in [-0.4, -0.2) is 42.4 Å². The second-order valence-corrected chi connectivity index (χ2v) is 7.34. The van der Waals surface area contributed by atoms with Gasteiger partial charge in [0.15, 0.2) is 0 Å². The molecule has 2 rings (SSSR count). The van der Waals surface area contributed by atoms with Crippen LogP contribution in [0, 0.1) is 12.8 Å². The van der Waals surface area contributed by atoms with Crippen LogP contribution in [-0.2, 0) is 9.59 Å². The van der Waals surface area contributed by atoms with Crippen molar-refractivity contribution in [3.63, 3.8) is 0 Å². The number of aryl methyl sites for hydroxylation is 1. The summed E-state index contributed by atoms with van der Waals surface area (Å²) in [6.07, 6.45) is 1.87. The molecule has 0 spiro atoms. The summed E-state index contributed by atoms with van der Waals surface area (Å²) in [5.74, 6) is 0.466. The minimum Gasteiger partial charge on any atom is -0.352 e. The van der Waals surface area contributed by atoms with E-state index in [0.29, 0.717) is 19.0 Å². The van der Waals surface area contributed by atoms with Crippen LogP contribution in [0.25, 0.3) is 0 Å². The highest BCUT2D eigenvalue weighted by Gasteiger charge is 2.25. The number of benzene rings is 1. The summed E-state index contributed by atoms with van der Waals surface area (Å²) in [4.78, 5) is 25.7. The Morgan fingerprint density at radius 3 is 2.64 bits per heavy atom. The van der Waals surface area contributed by atoms with Crippen molar-refractivity contribution in [1.82, 2.24) is 15.5 Å². The van der Waals surface area contributed by atoms with Gasteiger partial charge >= 0.3 is 0 Å². The molecule has 1 aromatic rings. The highest BCUT2D eigenvalue weighted by Crippen LogP contribution is 2.24. The quantitative estimate of drug-likeness (QED) is 0.832. The number of rotatable bonds is 6. The topological polar surface area (TPSA) is 61.4 Å². The molecule has 1 heterocycles. The fraction of sp³-hybridized carbons (Fsp3) is 0.600. The lowest BCUT2D eigenvalue weighted by Crippen LogP contribution is -2.51. The van der Waals surface area contributed by atoms with Gasteiger partial charge in [0.1, 0.15) is 0 Å². The van der Waals surface area contributed by atoms with Crippen molar-refractivity contribution in [2.45, 2.75) is 52.6 Å². The molecule has 2 atom stereocenters. The predicted molar refractivity (Wildman–Crippen MR) is 100 cm³/mol. The Labute approximate surface area is 151 Å². The maximum Gasteiger partial charge on any atom is 0.236 e. The first kappa shape index (κ1) is 19.4. The van der Waals surface area contributed by atoms with Crippen molar-refractivity contribution >= 4 is 11.8 Å².